The van der Waals surface area contributed by atoms with Crippen LogP contribution in [0.1, 0.15) is 44.7 Å². The Bertz CT molecular complexity index is 1790. The Hall–Kier alpha value is -6.06. The predicted octanol–water partition coefficient (Wildman–Crippen LogP) is 3.21. The summed E-state index contributed by atoms with van der Waals surface area (Å²) in [5.74, 6) is -2.82. The van der Waals surface area contributed by atoms with Gasteiger partial charge in [-0.15, -0.1) is 0 Å². The number of benzene rings is 1. The molecule has 5 rings (SSSR count). The Balaban J connectivity index is 1.35. The number of hydrogen-bond acceptors (Lipinski definition) is 12. The topological polar surface area (TPSA) is 208 Å². The largest absolute Gasteiger partial charge is 0.478 e. The summed E-state index contributed by atoms with van der Waals surface area (Å²) in [5.41, 5.74) is 2.81. The highest BCUT2D eigenvalue weighted by Gasteiger charge is 2.40. The molecule has 3 N–H and O–H groups in total. The van der Waals surface area contributed by atoms with Crippen LogP contribution < -0.4 is 10.6 Å². The number of imide groups is 1. The first-order chi connectivity index (χ1) is 21.1. The van der Waals surface area contributed by atoms with E-state index in [-0.39, 0.29) is 11.4 Å². The number of nitrogens with one attached hydrogen (secondary N) is 2. The number of ether oxygens (including phenoxy) is 2. The summed E-state index contributed by atoms with van der Waals surface area (Å²) < 4.78 is 15.8. The molecule has 44 heavy (non-hydrogen) atoms. The number of fused-ring (bicyclic) bond motifs is 1. The standard InChI is InChI=1S/C28H25N7O9/c1-15-3-4-17(26(39)32-21-9-10-44-33-21)11-20(15)31-25-24-16(2)19(12-34(24)30-13-29-25)27(40)35(18-5-6-18)28(41)43-14-42-23(38)8-7-22(36)37/h3-4,7-13,18H,5-6,14H2,1-2H3,(H,36,37)(H,29,30,31)(H,32,33,39)/b8-7+. The molecular weight excluding hydrogens is 578 g/mol. The molecule has 3 heterocycles. The van der Waals surface area contributed by atoms with Gasteiger partial charge in [0.15, 0.2) is 11.6 Å². The number of aliphatic carboxylic acids is 1. The minimum atomic E-state index is -1.35. The Labute approximate surface area is 248 Å². The maximum absolute atomic E-state index is 13.6. The van der Waals surface area contributed by atoms with Crippen molar-refractivity contribution in [1.82, 2.24) is 24.7 Å². The summed E-state index contributed by atoms with van der Waals surface area (Å²) in [5, 5.41) is 22.3. The monoisotopic (exact) mass is 603 g/mol. The number of carbonyl (C=O) groups excluding carboxylic acids is 4. The van der Waals surface area contributed by atoms with Crippen molar-refractivity contribution in [3.05, 3.63) is 77.5 Å². The molecule has 1 aliphatic rings. The zero-order valence-corrected chi connectivity index (χ0v) is 23.3. The molecule has 16 nitrogen and oxygen atoms in total. The third-order valence-corrected chi connectivity index (χ3v) is 6.56. The zero-order valence-electron chi connectivity index (χ0n) is 23.3. The molecule has 226 valence electrons. The fraction of sp³-hybridized carbons (Fsp3) is 0.214. The lowest BCUT2D eigenvalue weighted by atomic mass is 10.1. The number of amides is 3. The number of aromatic nitrogens is 4. The third-order valence-electron chi connectivity index (χ3n) is 6.56. The molecule has 0 bridgehead atoms. The van der Waals surface area contributed by atoms with Gasteiger partial charge in [-0.3, -0.25) is 9.59 Å². The van der Waals surface area contributed by atoms with Gasteiger partial charge >= 0.3 is 18.0 Å². The first-order valence-electron chi connectivity index (χ1n) is 13.1. The quantitative estimate of drug-likeness (QED) is 0.135. The number of nitrogens with zero attached hydrogens (tertiary/aromatic N) is 5. The van der Waals surface area contributed by atoms with Crippen LogP contribution in [0.2, 0.25) is 0 Å². The van der Waals surface area contributed by atoms with Crippen molar-refractivity contribution < 1.29 is 43.1 Å². The highest BCUT2D eigenvalue weighted by Crippen LogP contribution is 2.32. The maximum atomic E-state index is 13.6. The number of anilines is 3. The average Bonchev–Trinajstić information content (AvgIpc) is 3.56. The van der Waals surface area contributed by atoms with Gasteiger partial charge in [-0.1, -0.05) is 11.2 Å². The number of hydrogen-bond donors (Lipinski definition) is 3. The predicted molar refractivity (Wildman–Crippen MR) is 150 cm³/mol. The maximum Gasteiger partial charge on any atom is 0.419 e. The van der Waals surface area contributed by atoms with Crippen molar-refractivity contribution in [2.24, 2.45) is 0 Å². The molecule has 3 aromatic heterocycles. The second-order valence-electron chi connectivity index (χ2n) is 9.63. The molecule has 0 radical (unpaired) electrons. The Morgan fingerprint density at radius 1 is 1.14 bits per heavy atom. The zero-order chi connectivity index (χ0) is 31.4. The van der Waals surface area contributed by atoms with E-state index in [1.54, 1.807) is 25.1 Å². The summed E-state index contributed by atoms with van der Waals surface area (Å²) in [7, 11) is 0. The molecule has 0 atom stereocenters. The van der Waals surface area contributed by atoms with Crippen molar-refractivity contribution in [1.29, 1.82) is 0 Å². The number of rotatable bonds is 10. The molecule has 0 aliphatic heterocycles. The van der Waals surface area contributed by atoms with Gasteiger partial charge in [0.25, 0.3) is 11.8 Å². The molecule has 16 heteroatoms. The normalized spacial score (nSPS) is 12.6. The van der Waals surface area contributed by atoms with Crippen LogP contribution in [0.4, 0.5) is 22.1 Å². The van der Waals surface area contributed by atoms with Crippen molar-refractivity contribution in [2.45, 2.75) is 32.7 Å². The molecule has 1 fully saturated rings. The van der Waals surface area contributed by atoms with Crippen molar-refractivity contribution >= 4 is 52.7 Å². The van der Waals surface area contributed by atoms with Gasteiger partial charge < -0.3 is 29.7 Å². The first kappa shape index (κ1) is 29.4. The molecule has 0 spiro atoms. The van der Waals surface area contributed by atoms with E-state index in [2.05, 4.69) is 30.6 Å². The molecule has 1 aliphatic carbocycles. The molecular formula is C28H25N7O9. The summed E-state index contributed by atoms with van der Waals surface area (Å²) in [6.45, 7) is 2.71. The fourth-order valence-corrected chi connectivity index (χ4v) is 4.21. The minimum Gasteiger partial charge on any atom is -0.478 e. The van der Waals surface area contributed by atoms with Gasteiger partial charge in [0.1, 0.15) is 18.1 Å². The molecule has 3 amide bonds. The minimum absolute atomic E-state index is 0.163. The van der Waals surface area contributed by atoms with E-state index < -0.39 is 42.7 Å². The Morgan fingerprint density at radius 3 is 2.64 bits per heavy atom. The Morgan fingerprint density at radius 2 is 1.93 bits per heavy atom. The van der Waals surface area contributed by atoms with E-state index in [9.17, 15) is 24.0 Å². The van der Waals surface area contributed by atoms with Gasteiger partial charge in [-0.05, 0) is 49.9 Å². The SMILES string of the molecule is Cc1ccc(C(=O)Nc2ccon2)cc1Nc1ncnn2cc(C(=O)N(C(=O)OCOC(=O)/C=C/C(=O)O)C3CC3)c(C)c12. The van der Waals surface area contributed by atoms with Crippen LogP contribution in [0.3, 0.4) is 0 Å². The summed E-state index contributed by atoms with van der Waals surface area (Å²) in [6, 6.07) is 6.17. The van der Waals surface area contributed by atoms with Crippen LogP contribution >= 0.6 is 0 Å². The van der Waals surface area contributed by atoms with Gasteiger partial charge in [-0.25, -0.2) is 28.8 Å². The van der Waals surface area contributed by atoms with E-state index in [0.717, 1.165) is 10.5 Å². The lowest BCUT2D eigenvalue weighted by Crippen LogP contribution is -2.39. The van der Waals surface area contributed by atoms with Gasteiger partial charge in [0.2, 0.25) is 6.79 Å². The van der Waals surface area contributed by atoms with Crippen molar-refractivity contribution in [3.63, 3.8) is 0 Å². The number of carboxylic acids is 1. The van der Waals surface area contributed by atoms with Crippen LogP contribution in [0.15, 0.2) is 59.7 Å². The lowest BCUT2D eigenvalue weighted by molar-refractivity contribution is -0.146. The van der Waals surface area contributed by atoms with Crippen molar-refractivity contribution in [3.8, 4) is 0 Å². The Kier molecular flexibility index (Phi) is 8.32. The van der Waals surface area contributed by atoms with Crippen LogP contribution in [0.25, 0.3) is 5.52 Å². The van der Waals surface area contributed by atoms with Crippen LogP contribution in [0, 0.1) is 13.8 Å². The van der Waals surface area contributed by atoms with E-state index in [1.807, 2.05) is 6.92 Å². The second kappa shape index (κ2) is 12.4. The number of carbonyl (C=O) groups is 5. The van der Waals surface area contributed by atoms with Crippen molar-refractivity contribution in [2.75, 3.05) is 17.4 Å². The number of carboxylic acid groups (broad SMARTS) is 1. The molecule has 4 aromatic rings. The van der Waals surface area contributed by atoms with E-state index in [4.69, 9.17) is 14.4 Å². The highest BCUT2D eigenvalue weighted by molar-refractivity contribution is 6.07. The van der Waals surface area contributed by atoms with E-state index >= 15 is 0 Å². The average molecular weight is 604 g/mol. The second-order valence-corrected chi connectivity index (χ2v) is 9.63. The first-order valence-corrected chi connectivity index (χ1v) is 13.1. The summed E-state index contributed by atoms with van der Waals surface area (Å²) in [6.07, 6.45) is 5.45. The molecule has 1 saturated carbocycles. The van der Waals surface area contributed by atoms with Gasteiger partial charge in [0, 0.05) is 41.7 Å². The summed E-state index contributed by atoms with van der Waals surface area (Å²) >= 11 is 0. The van der Waals surface area contributed by atoms with E-state index in [0.29, 0.717) is 53.1 Å². The van der Waals surface area contributed by atoms with Crippen LogP contribution in [-0.2, 0) is 19.1 Å². The number of esters is 1. The fourth-order valence-electron chi connectivity index (χ4n) is 4.21. The number of aryl methyl sites for hydroxylation is 2. The van der Waals surface area contributed by atoms with Gasteiger partial charge in [-0.2, -0.15) is 5.10 Å². The van der Waals surface area contributed by atoms with E-state index in [1.165, 1.54) is 29.4 Å². The lowest BCUT2D eigenvalue weighted by Gasteiger charge is -2.19. The third kappa shape index (κ3) is 6.53. The van der Waals surface area contributed by atoms with Crippen LogP contribution in [-0.4, -0.2) is 72.4 Å². The highest BCUT2D eigenvalue weighted by atomic mass is 16.7. The molecule has 0 saturated heterocycles. The molecule has 0 unspecified atom stereocenters. The smallest absolute Gasteiger partial charge is 0.419 e. The van der Waals surface area contributed by atoms with Gasteiger partial charge in [0.05, 0.1) is 5.56 Å². The van der Waals surface area contributed by atoms with Crippen LogP contribution in [0.5, 0.6) is 0 Å². The summed E-state index contributed by atoms with van der Waals surface area (Å²) in [4.78, 5) is 66.5. The molecule has 1 aromatic carbocycles.